The predicted octanol–water partition coefficient (Wildman–Crippen LogP) is 0.436. The lowest BCUT2D eigenvalue weighted by atomic mass is 9.80. The van der Waals surface area contributed by atoms with Crippen LogP contribution in [-0.4, -0.2) is 79.6 Å². The van der Waals surface area contributed by atoms with Crippen LogP contribution in [0.25, 0.3) is 0 Å². The number of hydrogen-bond donors (Lipinski definition) is 1. The molecule has 0 amide bonds. The van der Waals surface area contributed by atoms with Gasteiger partial charge >= 0.3 is 0 Å². The van der Waals surface area contributed by atoms with Crippen LogP contribution in [-0.2, 0) is 0 Å². The maximum Gasteiger partial charge on any atom is 0.0121 e. The zero-order chi connectivity index (χ0) is 13.2. The number of likely N-dealkylation sites (tertiary alicyclic amines) is 1. The smallest absolute Gasteiger partial charge is 0.0121 e. The SMILES string of the molecule is CN1CCC(N2CCN(CC3CC(N)C3)CC2)CC1. The number of hydrogen-bond acceptors (Lipinski definition) is 4. The van der Waals surface area contributed by atoms with E-state index in [9.17, 15) is 0 Å². The summed E-state index contributed by atoms with van der Waals surface area (Å²) in [5.74, 6) is 0.893. The van der Waals surface area contributed by atoms with Crippen LogP contribution in [0, 0.1) is 5.92 Å². The summed E-state index contributed by atoms with van der Waals surface area (Å²) in [6.45, 7) is 8.99. The van der Waals surface area contributed by atoms with E-state index >= 15 is 0 Å². The Bertz CT molecular complexity index is 274. The van der Waals surface area contributed by atoms with Gasteiger partial charge in [-0.15, -0.1) is 0 Å². The van der Waals surface area contributed by atoms with E-state index in [-0.39, 0.29) is 0 Å². The van der Waals surface area contributed by atoms with Gasteiger partial charge in [0.1, 0.15) is 0 Å². The maximum atomic E-state index is 5.87. The topological polar surface area (TPSA) is 35.7 Å². The fraction of sp³-hybridized carbons (Fsp3) is 1.00. The van der Waals surface area contributed by atoms with Gasteiger partial charge in [0.05, 0.1) is 0 Å². The van der Waals surface area contributed by atoms with Crippen LogP contribution in [0.15, 0.2) is 0 Å². The largest absolute Gasteiger partial charge is 0.328 e. The van der Waals surface area contributed by atoms with Gasteiger partial charge in [-0.2, -0.15) is 0 Å². The summed E-state index contributed by atoms with van der Waals surface area (Å²) >= 11 is 0. The molecule has 0 aromatic carbocycles. The quantitative estimate of drug-likeness (QED) is 0.804. The predicted molar refractivity (Wildman–Crippen MR) is 79.2 cm³/mol. The van der Waals surface area contributed by atoms with Crippen molar-refractivity contribution in [3.05, 3.63) is 0 Å². The molecule has 2 N–H and O–H groups in total. The molecule has 0 bridgehead atoms. The van der Waals surface area contributed by atoms with Crippen molar-refractivity contribution in [1.82, 2.24) is 14.7 Å². The molecule has 0 aromatic heterocycles. The molecule has 0 atom stereocenters. The monoisotopic (exact) mass is 266 g/mol. The Morgan fingerprint density at radius 2 is 1.58 bits per heavy atom. The third-order valence-electron chi connectivity index (χ3n) is 5.40. The highest BCUT2D eigenvalue weighted by molar-refractivity contribution is 4.87. The standard InChI is InChI=1S/C15H30N4/c1-17-4-2-15(3-5-17)19-8-6-18(7-9-19)12-13-10-14(16)11-13/h13-15H,2-12,16H2,1H3. The van der Waals surface area contributed by atoms with E-state index in [4.69, 9.17) is 5.73 Å². The molecule has 3 fully saturated rings. The molecule has 1 saturated carbocycles. The zero-order valence-electron chi connectivity index (χ0n) is 12.4. The van der Waals surface area contributed by atoms with Crippen molar-refractivity contribution in [2.75, 3.05) is 52.9 Å². The normalized spacial score (nSPS) is 36.3. The van der Waals surface area contributed by atoms with E-state index in [1.807, 2.05) is 0 Å². The first-order chi connectivity index (χ1) is 9.20. The van der Waals surface area contributed by atoms with Gasteiger partial charge in [-0.05, 0) is 51.7 Å². The van der Waals surface area contributed by atoms with Gasteiger partial charge in [0.25, 0.3) is 0 Å². The van der Waals surface area contributed by atoms with Crippen LogP contribution in [0.1, 0.15) is 25.7 Å². The first kappa shape index (κ1) is 13.8. The van der Waals surface area contributed by atoms with Crippen LogP contribution < -0.4 is 5.73 Å². The van der Waals surface area contributed by atoms with E-state index < -0.39 is 0 Å². The second-order valence-electron chi connectivity index (χ2n) is 6.97. The number of nitrogens with zero attached hydrogens (tertiary/aromatic N) is 3. The molecule has 0 radical (unpaired) electrons. The van der Waals surface area contributed by atoms with Crippen molar-refractivity contribution in [3.63, 3.8) is 0 Å². The Labute approximate surface area is 117 Å². The Hall–Kier alpha value is -0.160. The third kappa shape index (κ3) is 3.48. The average Bonchev–Trinajstić information content (AvgIpc) is 2.39. The lowest BCUT2D eigenvalue weighted by Crippen LogP contribution is -2.54. The number of piperazine rings is 1. The number of piperidine rings is 1. The molecule has 0 spiro atoms. The van der Waals surface area contributed by atoms with Crippen molar-refractivity contribution in [1.29, 1.82) is 0 Å². The van der Waals surface area contributed by atoms with Crippen LogP contribution in [0.2, 0.25) is 0 Å². The second-order valence-corrected chi connectivity index (χ2v) is 6.97. The van der Waals surface area contributed by atoms with Gasteiger partial charge in [0, 0.05) is 44.8 Å². The Morgan fingerprint density at radius 3 is 2.16 bits per heavy atom. The minimum absolute atomic E-state index is 0.505. The second kappa shape index (κ2) is 6.08. The summed E-state index contributed by atoms with van der Waals surface area (Å²) in [6.07, 6.45) is 5.26. The molecule has 2 heterocycles. The Kier molecular flexibility index (Phi) is 4.42. The lowest BCUT2D eigenvalue weighted by Gasteiger charge is -2.44. The highest BCUT2D eigenvalue weighted by atomic mass is 15.3. The summed E-state index contributed by atoms with van der Waals surface area (Å²) < 4.78 is 0. The lowest BCUT2D eigenvalue weighted by molar-refractivity contribution is 0.0495. The first-order valence-electron chi connectivity index (χ1n) is 8.11. The van der Waals surface area contributed by atoms with E-state index in [0.717, 1.165) is 12.0 Å². The Balaban J connectivity index is 1.37. The summed E-state index contributed by atoms with van der Waals surface area (Å²) in [5.41, 5.74) is 5.87. The molecule has 4 heteroatoms. The molecule has 3 rings (SSSR count). The van der Waals surface area contributed by atoms with Crippen LogP contribution >= 0.6 is 0 Å². The van der Waals surface area contributed by atoms with Crippen molar-refractivity contribution in [2.24, 2.45) is 11.7 Å². The molecule has 1 aliphatic carbocycles. The zero-order valence-corrected chi connectivity index (χ0v) is 12.4. The van der Waals surface area contributed by atoms with Crippen LogP contribution in [0.3, 0.4) is 0 Å². The van der Waals surface area contributed by atoms with Crippen LogP contribution in [0.4, 0.5) is 0 Å². The number of rotatable bonds is 3. The molecule has 19 heavy (non-hydrogen) atoms. The highest BCUT2D eigenvalue weighted by Gasteiger charge is 2.30. The molecule has 2 saturated heterocycles. The maximum absolute atomic E-state index is 5.87. The van der Waals surface area contributed by atoms with E-state index in [2.05, 4.69) is 21.7 Å². The first-order valence-corrected chi connectivity index (χ1v) is 8.11. The van der Waals surface area contributed by atoms with Crippen LogP contribution in [0.5, 0.6) is 0 Å². The van der Waals surface area contributed by atoms with E-state index in [0.29, 0.717) is 6.04 Å². The average molecular weight is 266 g/mol. The molecule has 4 nitrogen and oxygen atoms in total. The molecular weight excluding hydrogens is 236 g/mol. The minimum Gasteiger partial charge on any atom is -0.328 e. The summed E-state index contributed by atoms with van der Waals surface area (Å²) in [5, 5.41) is 0. The molecule has 3 aliphatic rings. The molecule has 0 unspecified atom stereocenters. The van der Waals surface area contributed by atoms with E-state index in [1.54, 1.807) is 0 Å². The number of nitrogens with two attached hydrogens (primary N) is 1. The van der Waals surface area contributed by atoms with Gasteiger partial charge < -0.3 is 15.5 Å². The van der Waals surface area contributed by atoms with E-state index in [1.165, 1.54) is 71.5 Å². The van der Waals surface area contributed by atoms with Gasteiger partial charge in [0.15, 0.2) is 0 Å². The van der Waals surface area contributed by atoms with Crippen molar-refractivity contribution in [3.8, 4) is 0 Å². The highest BCUT2D eigenvalue weighted by Crippen LogP contribution is 2.27. The van der Waals surface area contributed by atoms with Gasteiger partial charge in [0.2, 0.25) is 0 Å². The molecule has 0 aromatic rings. The molecule has 110 valence electrons. The molecular formula is C15H30N4. The fourth-order valence-electron chi connectivity index (χ4n) is 3.97. The van der Waals surface area contributed by atoms with Crippen molar-refractivity contribution in [2.45, 2.75) is 37.8 Å². The van der Waals surface area contributed by atoms with Gasteiger partial charge in [-0.1, -0.05) is 0 Å². The summed E-state index contributed by atoms with van der Waals surface area (Å²) in [6, 6.07) is 1.36. The van der Waals surface area contributed by atoms with Gasteiger partial charge in [-0.3, -0.25) is 4.90 Å². The third-order valence-corrected chi connectivity index (χ3v) is 5.40. The van der Waals surface area contributed by atoms with Crippen molar-refractivity contribution >= 4 is 0 Å². The summed E-state index contributed by atoms with van der Waals surface area (Å²) in [7, 11) is 2.25. The Morgan fingerprint density at radius 1 is 0.947 bits per heavy atom. The van der Waals surface area contributed by atoms with Gasteiger partial charge in [-0.25, -0.2) is 0 Å². The van der Waals surface area contributed by atoms with Crippen molar-refractivity contribution < 1.29 is 0 Å². The summed E-state index contributed by atoms with van der Waals surface area (Å²) in [4.78, 5) is 7.88. The molecule has 2 aliphatic heterocycles. The minimum atomic E-state index is 0.505. The fourth-order valence-corrected chi connectivity index (χ4v) is 3.97.